The lowest BCUT2D eigenvalue weighted by Crippen LogP contribution is -2.15. The van der Waals surface area contributed by atoms with Crippen LogP contribution in [0.4, 0.5) is 0 Å². The highest BCUT2D eigenvalue weighted by Gasteiger charge is 1.94. The van der Waals surface area contributed by atoms with Crippen molar-refractivity contribution in [2.45, 2.75) is 6.92 Å². The summed E-state index contributed by atoms with van der Waals surface area (Å²) < 4.78 is 0. The maximum Gasteiger partial charge on any atom is 0.150 e. The van der Waals surface area contributed by atoms with Gasteiger partial charge in [-0.25, -0.2) is 0 Å². The second-order valence-electron chi connectivity index (χ2n) is 2.38. The molecule has 1 aromatic rings. The summed E-state index contributed by atoms with van der Waals surface area (Å²) in [6.45, 7) is 2.01. The third kappa shape index (κ3) is 1.70. The van der Waals surface area contributed by atoms with Crippen LogP contribution in [-0.4, -0.2) is 5.84 Å². The van der Waals surface area contributed by atoms with Crippen LogP contribution in [0.15, 0.2) is 29.4 Å². The quantitative estimate of drug-likeness (QED) is 0.265. The smallest absolute Gasteiger partial charge is 0.150 e. The summed E-state index contributed by atoms with van der Waals surface area (Å²) in [6, 6.07) is 7.71. The van der Waals surface area contributed by atoms with E-state index < -0.39 is 0 Å². The molecule has 3 nitrogen and oxygen atoms in total. The fraction of sp³-hybridized carbons (Fsp3) is 0.125. The van der Waals surface area contributed by atoms with Crippen LogP contribution in [0.2, 0.25) is 0 Å². The van der Waals surface area contributed by atoms with Gasteiger partial charge in [-0.05, 0) is 6.92 Å². The highest BCUT2D eigenvalue weighted by molar-refractivity contribution is 5.97. The van der Waals surface area contributed by atoms with Crippen molar-refractivity contribution in [3.63, 3.8) is 0 Å². The van der Waals surface area contributed by atoms with Crippen molar-refractivity contribution in [2.75, 3.05) is 0 Å². The minimum absolute atomic E-state index is 0.366. The van der Waals surface area contributed by atoms with E-state index in [0.717, 1.165) is 5.56 Å². The number of nitrogens with two attached hydrogens (primary N) is 2. The van der Waals surface area contributed by atoms with Gasteiger partial charge in [-0.15, -0.1) is 0 Å². The van der Waals surface area contributed by atoms with Gasteiger partial charge in [0, 0.05) is 5.56 Å². The van der Waals surface area contributed by atoms with E-state index in [2.05, 4.69) is 5.10 Å². The van der Waals surface area contributed by atoms with E-state index in [9.17, 15) is 0 Å². The van der Waals surface area contributed by atoms with Crippen molar-refractivity contribution < 1.29 is 0 Å². The van der Waals surface area contributed by atoms with Crippen LogP contribution in [0.3, 0.4) is 0 Å². The number of hydrogen-bond donors (Lipinski definition) is 2. The standard InChI is InChI=1S/C8H11N3/c1-6-2-4-7(5-3-6)8(9)11-10/h2-5H,10H2,1H3,(H2,9,11). The Morgan fingerprint density at radius 3 is 2.27 bits per heavy atom. The van der Waals surface area contributed by atoms with Gasteiger partial charge in [0.25, 0.3) is 0 Å². The van der Waals surface area contributed by atoms with Gasteiger partial charge in [0.1, 0.15) is 5.84 Å². The van der Waals surface area contributed by atoms with E-state index in [1.165, 1.54) is 5.56 Å². The molecule has 0 bridgehead atoms. The molecule has 4 N–H and O–H groups in total. The van der Waals surface area contributed by atoms with Gasteiger partial charge >= 0.3 is 0 Å². The second-order valence-corrected chi connectivity index (χ2v) is 2.38. The summed E-state index contributed by atoms with van der Waals surface area (Å²) in [5.74, 6) is 5.37. The van der Waals surface area contributed by atoms with Gasteiger partial charge < -0.3 is 11.6 Å². The number of rotatable bonds is 1. The molecule has 0 aliphatic carbocycles. The molecule has 0 unspecified atom stereocenters. The highest BCUT2D eigenvalue weighted by Crippen LogP contribution is 2.01. The van der Waals surface area contributed by atoms with Gasteiger partial charge in [-0.3, -0.25) is 0 Å². The second kappa shape index (κ2) is 3.05. The minimum atomic E-state index is 0.366. The lowest BCUT2D eigenvalue weighted by molar-refractivity contribution is 1.23. The number of hydrogen-bond acceptors (Lipinski definition) is 2. The Hall–Kier alpha value is -1.51. The van der Waals surface area contributed by atoms with Gasteiger partial charge in [0.05, 0.1) is 0 Å². The summed E-state index contributed by atoms with van der Waals surface area (Å²) in [6.07, 6.45) is 0. The van der Waals surface area contributed by atoms with Crippen LogP contribution in [-0.2, 0) is 0 Å². The van der Waals surface area contributed by atoms with Crippen molar-refractivity contribution in [1.29, 1.82) is 0 Å². The molecule has 1 rings (SSSR count). The van der Waals surface area contributed by atoms with Crippen LogP contribution in [0.5, 0.6) is 0 Å². The average molecular weight is 149 g/mol. The molecule has 0 radical (unpaired) electrons. The maximum atomic E-state index is 5.47. The van der Waals surface area contributed by atoms with Crippen LogP contribution in [0, 0.1) is 6.92 Å². The molecule has 0 heterocycles. The topological polar surface area (TPSA) is 64.4 Å². The molecule has 0 aliphatic heterocycles. The lowest BCUT2D eigenvalue weighted by atomic mass is 10.1. The molecule has 0 amide bonds. The molecule has 0 fully saturated rings. The summed E-state index contributed by atoms with van der Waals surface area (Å²) in [5, 5.41) is 3.38. The molecular formula is C8H11N3. The molecule has 3 heteroatoms. The van der Waals surface area contributed by atoms with E-state index in [1.54, 1.807) is 0 Å². The third-order valence-electron chi connectivity index (χ3n) is 1.49. The molecule has 58 valence electrons. The van der Waals surface area contributed by atoms with Gasteiger partial charge in [-0.2, -0.15) is 5.10 Å². The largest absolute Gasteiger partial charge is 0.382 e. The zero-order chi connectivity index (χ0) is 8.27. The Morgan fingerprint density at radius 1 is 1.27 bits per heavy atom. The predicted molar refractivity (Wildman–Crippen MR) is 46.1 cm³/mol. The first-order valence-corrected chi connectivity index (χ1v) is 3.34. The normalized spacial score (nSPS) is 11.5. The number of benzene rings is 1. The first-order valence-electron chi connectivity index (χ1n) is 3.34. The van der Waals surface area contributed by atoms with Crippen molar-refractivity contribution >= 4 is 5.84 Å². The van der Waals surface area contributed by atoms with Crippen molar-refractivity contribution in [2.24, 2.45) is 16.7 Å². The fourth-order valence-corrected chi connectivity index (χ4v) is 0.799. The van der Waals surface area contributed by atoms with E-state index in [0.29, 0.717) is 5.84 Å². The minimum Gasteiger partial charge on any atom is -0.382 e. The van der Waals surface area contributed by atoms with Crippen LogP contribution in [0.25, 0.3) is 0 Å². The Morgan fingerprint density at radius 2 is 1.82 bits per heavy atom. The molecular weight excluding hydrogens is 138 g/mol. The van der Waals surface area contributed by atoms with Gasteiger partial charge in [-0.1, -0.05) is 29.8 Å². The highest BCUT2D eigenvalue weighted by atomic mass is 15.1. The molecule has 11 heavy (non-hydrogen) atoms. The molecule has 0 aromatic heterocycles. The summed E-state index contributed by atoms with van der Waals surface area (Å²) in [5.41, 5.74) is 7.52. The van der Waals surface area contributed by atoms with E-state index >= 15 is 0 Å². The lowest BCUT2D eigenvalue weighted by Gasteiger charge is -1.98. The van der Waals surface area contributed by atoms with Crippen molar-refractivity contribution in [3.05, 3.63) is 35.4 Å². The maximum absolute atomic E-state index is 5.47. The number of hydrazone groups is 1. The zero-order valence-electron chi connectivity index (χ0n) is 6.41. The zero-order valence-corrected chi connectivity index (χ0v) is 6.41. The molecule has 0 aliphatic rings. The third-order valence-corrected chi connectivity index (χ3v) is 1.49. The first-order chi connectivity index (χ1) is 5.24. The summed E-state index contributed by atoms with van der Waals surface area (Å²) in [4.78, 5) is 0. The average Bonchev–Trinajstić information content (AvgIpc) is 2.05. The molecule has 1 aromatic carbocycles. The number of nitrogens with zero attached hydrogens (tertiary/aromatic N) is 1. The van der Waals surface area contributed by atoms with Gasteiger partial charge in [0.2, 0.25) is 0 Å². The first kappa shape index (κ1) is 7.60. The Bertz CT molecular complexity index is 261. The van der Waals surface area contributed by atoms with E-state index in [-0.39, 0.29) is 0 Å². The van der Waals surface area contributed by atoms with E-state index in [1.807, 2.05) is 31.2 Å². The Balaban J connectivity index is 2.99. The Kier molecular flexibility index (Phi) is 2.11. The van der Waals surface area contributed by atoms with Gasteiger partial charge in [0.15, 0.2) is 0 Å². The number of amidine groups is 1. The molecule has 0 atom stereocenters. The molecule has 0 spiro atoms. The summed E-state index contributed by atoms with van der Waals surface area (Å²) >= 11 is 0. The number of aryl methyl sites for hydroxylation is 1. The monoisotopic (exact) mass is 149 g/mol. The van der Waals surface area contributed by atoms with Crippen LogP contribution < -0.4 is 11.6 Å². The van der Waals surface area contributed by atoms with E-state index in [4.69, 9.17) is 11.6 Å². The summed E-state index contributed by atoms with van der Waals surface area (Å²) in [7, 11) is 0. The fourth-order valence-electron chi connectivity index (χ4n) is 0.799. The van der Waals surface area contributed by atoms with Crippen LogP contribution >= 0.6 is 0 Å². The SMILES string of the molecule is Cc1ccc(/C(N)=N/N)cc1. The Labute approximate surface area is 65.7 Å². The molecule has 0 saturated heterocycles. The van der Waals surface area contributed by atoms with Crippen LogP contribution in [0.1, 0.15) is 11.1 Å². The molecule has 0 saturated carbocycles. The van der Waals surface area contributed by atoms with Crippen molar-refractivity contribution in [3.8, 4) is 0 Å². The predicted octanol–water partition coefficient (Wildman–Crippen LogP) is 0.574. The van der Waals surface area contributed by atoms with Crippen molar-refractivity contribution in [1.82, 2.24) is 0 Å².